The summed E-state index contributed by atoms with van der Waals surface area (Å²) in [5, 5.41) is 17.0. The summed E-state index contributed by atoms with van der Waals surface area (Å²) in [4.78, 5) is 12.0. The lowest BCUT2D eigenvalue weighted by molar-refractivity contribution is 0.0996. The van der Waals surface area contributed by atoms with Crippen molar-refractivity contribution in [2.75, 3.05) is 5.32 Å². The van der Waals surface area contributed by atoms with Crippen LogP contribution in [-0.2, 0) is 13.0 Å². The van der Waals surface area contributed by atoms with E-state index < -0.39 is 5.91 Å². The van der Waals surface area contributed by atoms with Crippen molar-refractivity contribution in [2.45, 2.75) is 25.8 Å². The average molecular weight is 468 g/mol. The summed E-state index contributed by atoms with van der Waals surface area (Å²) < 4.78 is 3.62. The van der Waals surface area contributed by atoms with E-state index in [2.05, 4.69) is 25.2 Å². The van der Waals surface area contributed by atoms with Gasteiger partial charge in [-0.2, -0.15) is 5.10 Å². The first-order chi connectivity index (χ1) is 15.5. The molecule has 0 saturated carbocycles. The second-order valence-corrected chi connectivity index (χ2v) is 8.34. The minimum atomic E-state index is -0.666. The van der Waals surface area contributed by atoms with Crippen LogP contribution in [0.3, 0.4) is 0 Å². The van der Waals surface area contributed by atoms with Gasteiger partial charge in [-0.1, -0.05) is 29.3 Å². The van der Waals surface area contributed by atoms with E-state index in [0.29, 0.717) is 21.4 Å². The van der Waals surface area contributed by atoms with E-state index in [-0.39, 0.29) is 5.69 Å². The van der Waals surface area contributed by atoms with Gasteiger partial charge in [0.15, 0.2) is 11.5 Å². The predicted octanol–water partition coefficient (Wildman–Crippen LogP) is 4.62. The van der Waals surface area contributed by atoms with E-state index in [1.807, 2.05) is 24.3 Å². The van der Waals surface area contributed by atoms with Crippen molar-refractivity contribution in [2.24, 2.45) is 5.73 Å². The Morgan fingerprint density at radius 1 is 1.03 bits per heavy atom. The fourth-order valence-electron chi connectivity index (χ4n) is 3.85. The molecule has 10 heteroatoms. The fraction of sp³-hybridized carbons (Fsp3) is 0.182. The standard InChI is InChI=1S/C22H19Cl2N7O/c23-15-4-3-5-16(24)20(15)31-12-17(19(29-31)21(25)32)26-14-9-7-13(8-10-14)22-28-27-18-6-1-2-11-30(18)22/h3-5,7-10,12,26H,1-2,6,11H2,(H2,25,32). The van der Waals surface area contributed by atoms with Gasteiger partial charge in [0.25, 0.3) is 5.91 Å². The van der Waals surface area contributed by atoms with Crippen molar-refractivity contribution >= 4 is 40.5 Å². The van der Waals surface area contributed by atoms with Crippen LogP contribution in [0.4, 0.5) is 11.4 Å². The predicted molar refractivity (Wildman–Crippen MR) is 124 cm³/mol. The average Bonchev–Trinajstić information content (AvgIpc) is 3.39. The molecule has 1 amide bonds. The molecule has 162 valence electrons. The number of nitrogens with zero attached hydrogens (tertiary/aromatic N) is 5. The number of halogens is 2. The third kappa shape index (κ3) is 3.72. The first-order valence-corrected chi connectivity index (χ1v) is 10.9. The number of benzene rings is 2. The van der Waals surface area contributed by atoms with Crippen molar-refractivity contribution < 1.29 is 4.79 Å². The molecule has 1 aliphatic heterocycles. The van der Waals surface area contributed by atoms with Gasteiger partial charge in [-0.15, -0.1) is 10.2 Å². The van der Waals surface area contributed by atoms with Crippen LogP contribution in [0, 0.1) is 0 Å². The van der Waals surface area contributed by atoms with Crippen LogP contribution in [0.15, 0.2) is 48.7 Å². The van der Waals surface area contributed by atoms with Gasteiger partial charge in [-0.25, -0.2) is 4.68 Å². The van der Waals surface area contributed by atoms with Gasteiger partial charge in [0.05, 0.1) is 21.9 Å². The second kappa shape index (κ2) is 8.29. The van der Waals surface area contributed by atoms with Crippen LogP contribution in [0.2, 0.25) is 10.0 Å². The monoisotopic (exact) mass is 467 g/mol. The highest BCUT2D eigenvalue weighted by Gasteiger charge is 2.19. The summed E-state index contributed by atoms with van der Waals surface area (Å²) >= 11 is 12.6. The summed E-state index contributed by atoms with van der Waals surface area (Å²) in [6.07, 6.45) is 4.88. The molecule has 0 spiro atoms. The van der Waals surface area contributed by atoms with Crippen LogP contribution >= 0.6 is 23.2 Å². The number of primary amides is 1. The van der Waals surface area contributed by atoms with Crippen molar-refractivity contribution in [3.8, 4) is 17.1 Å². The molecular formula is C22H19Cl2N7O. The molecule has 8 nitrogen and oxygen atoms in total. The van der Waals surface area contributed by atoms with Crippen LogP contribution < -0.4 is 11.1 Å². The van der Waals surface area contributed by atoms with Gasteiger partial charge in [-0.3, -0.25) is 4.79 Å². The quantitative estimate of drug-likeness (QED) is 0.445. The molecule has 4 aromatic rings. The molecule has 32 heavy (non-hydrogen) atoms. The molecule has 0 bridgehead atoms. The van der Waals surface area contributed by atoms with Crippen LogP contribution in [0.5, 0.6) is 0 Å². The lowest BCUT2D eigenvalue weighted by Crippen LogP contribution is -2.14. The number of hydrogen-bond acceptors (Lipinski definition) is 5. The maximum Gasteiger partial charge on any atom is 0.271 e. The van der Waals surface area contributed by atoms with Gasteiger partial charge in [0.2, 0.25) is 0 Å². The van der Waals surface area contributed by atoms with Gasteiger partial charge in [-0.05, 0) is 49.2 Å². The number of carbonyl (C=O) groups is 1. The zero-order valence-corrected chi connectivity index (χ0v) is 18.4. The Balaban J connectivity index is 1.45. The molecule has 1 aliphatic rings. The van der Waals surface area contributed by atoms with Crippen molar-refractivity contribution in [3.05, 3.63) is 70.2 Å². The number of aryl methyl sites for hydroxylation is 1. The maximum absolute atomic E-state index is 12.0. The number of hydrogen-bond donors (Lipinski definition) is 2. The summed E-state index contributed by atoms with van der Waals surface area (Å²) in [6.45, 7) is 0.934. The number of para-hydroxylation sites is 1. The molecule has 2 aromatic carbocycles. The maximum atomic E-state index is 12.0. The minimum absolute atomic E-state index is 0.0802. The third-order valence-electron chi connectivity index (χ3n) is 5.40. The molecule has 0 aliphatic carbocycles. The molecule has 0 unspecified atom stereocenters. The lowest BCUT2D eigenvalue weighted by atomic mass is 10.1. The Hall–Kier alpha value is -3.36. The summed E-state index contributed by atoms with van der Waals surface area (Å²) in [5.74, 6) is 1.23. The zero-order valence-electron chi connectivity index (χ0n) is 16.9. The molecule has 2 aromatic heterocycles. The van der Waals surface area contributed by atoms with E-state index in [1.165, 1.54) is 4.68 Å². The first kappa shape index (κ1) is 20.5. The van der Waals surface area contributed by atoms with Gasteiger partial charge < -0.3 is 15.6 Å². The minimum Gasteiger partial charge on any atom is -0.364 e. The Labute approximate surface area is 194 Å². The molecule has 5 rings (SSSR count). The van der Waals surface area contributed by atoms with E-state index in [0.717, 1.165) is 48.7 Å². The van der Waals surface area contributed by atoms with Gasteiger partial charge in [0, 0.05) is 24.2 Å². The summed E-state index contributed by atoms with van der Waals surface area (Å²) in [5.41, 5.74) is 8.29. The second-order valence-electron chi connectivity index (χ2n) is 7.52. The smallest absolute Gasteiger partial charge is 0.271 e. The molecule has 0 fully saturated rings. The first-order valence-electron chi connectivity index (χ1n) is 10.1. The van der Waals surface area contributed by atoms with Crippen LogP contribution in [0.1, 0.15) is 29.2 Å². The van der Waals surface area contributed by atoms with Gasteiger partial charge in [0.1, 0.15) is 11.5 Å². The fourth-order valence-corrected chi connectivity index (χ4v) is 4.42. The Bertz CT molecular complexity index is 1290. The van der Waals surface area contributed by atoms with E-state index in [1.54, 1.807) is 24.4 Å². The highest BCUT2D eigenvalue weighted by molar-refractivity contribution is 6.37. The molecule has 0 atom stereocenters. The van der Waals surface area contributed by atoms with E-state index in [4.69, 9.17) is 28.9 Å². The zero-order chi connectivity index (χ0) is 22.2. The van der Waals surface area contributed by atoms with Crippen LogP contribution in [-0.4, -0.2) is 30.5 Å². The number of carbonyl (C=O) groups excluding carboxylic acids is 1. The Morgan fingerprint density at radius 2 is 1.78 bits per heavy atom. The number of aromatic nitrogens is 5. The van der Waals surface area contributed by atoms with Gasteiger partial charge >= 0.3 is 0 Å². The topological polar surface area (TPSA) is 104 Å². The summed E-state index contributed by atoms with van der Waals surface area (Å²) in [6, 6.07) is 12.9. The number of nitrogens with one attached hydrogen (secondary N) is 1. The van der Waals surface area contributed by atoms with E-state index in [9.17, 15) is 4.79 Å². The lowest BCUT2D eigenvalue weighted by Gasteiger charge is -2.14. The number of amides is 1. The molecular weight excluding hydrogens is 449 g/mol. The van der Waals surface area contributed by atoms with Crippen molar-refractivity contribution in [3.63, 3.8) is 0 Å². The largest absolute Gasteiger partial charge is 0.364 e. The number of nitrogens with two attached hydrogens (primary N) is 1. The number of anilines is 2. The molecule has 0 saturated heterocycles. The third-order valence-corrected chi connectivity index (χ3v) is 6.01. The van der Waals surface area contributed by atoms with E-state index >= 15 is 0 Å². The van der Waals surface area contributed by atoms with Crippen LogP contribution in [0.25, 0.3) is 17.1 Å². The summed E-state index contributed by atoms with van der Waals surface area (Å²) in [7, 11) is 0. The van der Waals surface area contributed by atoms with Crippen molar-refractivity contribution in [1.29, 1.82) is 0 Å². The molecule has 3 heterocycles. The Morgan fingerprint density at radius 3 is 2.50 bits per heavy atom. The highest BCUT2D eigenvalue weighted by atomic mass is 35.5. The van der Waals surface area contributed by atoms with Crippen molar-refractivity contribution in [1.82, 2.24) is 24.5 Å². The highest BCUT2D eigenvalue weighted by Crippen LogP contribution is 2.31. The Kier molecular flexibility index (Phi) is 5.32. The number of fused-ring (bicyclic) bond motifs is 1. The SMILES string of the molecule is NC(=O)c1nn(-c2c(Cl)cccc2Cl)cc1Nc1ccc(-c2nnc3n2CCCC3)cc1. The molecule has 0 radical (unpaired) electrons. The number of rotatable bonds is 5. The molecule has 3 N–H and O–H groups in total. The normalized spacial score (nSPS) is 13.1.